The van der Waals surface area contributed by atoms with E-state index in [0.717, 1.165) is 11.3 Å². The highest BCUT2D eigenvalue weighted by Crippen LogP contribution is 2.15. The molecule has 0 amide bonds. The molecule has 0 aliphatic heterocycles. The number of nitrogens with one attached hydrogen (secondary N) is 1. The maximum Gasteiger partial charge on any atom is 0.118 e. The van der Waals surface area contributed by atoms with Gasteiger partial charge in [0.15, 0.2) is 0 Å². The van der Waals surface area contributed by atoms with Crippen LogP contribution in [0.4, 0.5) is 5.69 Å². The van der Waals surface area contributed by atoms with Gasteiger partial charge in [-0.2, -0.15) is 0 Å². The Morgan fingerprint density at radius 1 is 1.33 bits per heavy atom. The normalized spacial score (nSPS) is 9.17. The summed E-state index contributed by atoms with van der Waals surface area (Å²) in [4.78, 5) is 0. The third kappa shape index (κ3) is 1.78. The first-order chi connectivity index (χ1) is 5.77. The average molecular weight is 163 g/mol. The molecule has 64 valence electrons. The number of hydrogen-bond acceptors (Lipinski definition) is 2. The van der Waals surface area contributed by atoms with Crippen LogP contribution in [0.5, 0.6) is 0 Å². The van der Waals surface area contributed by atoms with Gasteiger partial charge in [0.2, 0.25) is 0 Å². The van der Waals surface area contributed by atoms with Crippen LogP contribution in [0, 0.1) is 0 Å². The molecule has 0 saturated heterocycles. The second-order valence-corrected chi connectivity index (χ2v) is 2.45. The number of anilines is 1. The van der Waals surface area contributed by atoms with E-state index >= 15 is 0 Å². The third-order valence-electron chi connectivity index (χ3n) is 1.74. The van der Waals surface area contributed by atoms with Crippen molar-refractivity contribution in [3.8, 4) is 0 Å². The minimum Gasteiger partial charge on any atom is -0.497 e. The van der Waals surface area contributed by atoms with Crippen molar-refractivity contribution in [2.75, 3.05) is 19.5 Å². The lowest BCUT2D eigenvalue weighted by molar-refractivity contribution is 0.371. The standard InChI is InChI=1S/C10H13NO/c1-8(12-3)9-4-6-10(11-2)7-5-9/h4-7,11H,1H2,2-3H3. The Kier molecular flexibility index (Phi) is 2.75. The maximum atomic E-state index is 4.99. The van der Waals surface area contributed by atoms with E-state index in [1.807, 2.05) is 31.3 Å². The molecule has 1 aromatic carbocycles. The van der Waals surface area contributed by atoms with Crippen LogP contribution in [0.25, 0.3) is 5.76 Å². The largest absolute Gasteiger partial charge is 0.497 e. The summed E-state index contributed by atoms with van der Waals surface area (Å²) in [7, 11) is 3.51. The monoisotopic (exact) mass is 163 g/mol. The fourth-order valence-corrected chi connectivity index (χ4v) is 0.941. The lowest BCUT2D eigenvalue weighted by atomic mass is 10.2. The topological polar surface area (TPSA) is 21.3 Å². The van der Waals surface area contributed by atoms with E-state index in [9.17, 15) is 0 Å². The zero-order valence-corrected chi connectivity index (χ0v) is 7.42. The van der Waals surface area contributed by atoms with Gasteiger partial charge in [0.05, 0.1) is 7.11 Å². The van der Waals surface area contributed by atoms with Gasteiger partial charge in [-0.15, -0.1) is 0 Å². The van der Waals surface area contributed by atoms with Crippen LogP contribution in [-0.4, -0.2) is 14.2 Å². The Morgan fingerprint density at radius 2 is 1.92 bits per heavy atom. The Labute approximate surface area is 72.9 Å². The molecule has 0 bridgehead atoms. The van der Waals surface area contributed by atoms with Gasteiger partial charge in [-0.05, 0) is 24.3 Å². The average Bonchev–Trinajstić information content (AvgIpc) is 2.17. The molecule has 0 saturated carbocycles. The van der Waals surface area contributed by atoms with Crippen molar-refractivity contribution in [2.24, 2.45) is 0 Å². The summed E-state index contributed by atoms with van der Waals surface area (Å²) >= 11 is 0. The summed E-state index contributed by atoms with van der Waals surface area (Å²) < 4.78 is 4.99. The van der Waals surface area contributed by atoms with Crippen LogP contribution < -0.4 is 5.32 Å². The minimum absolute atomic E-state index is 0.692. The van der Waals surface area contributed by atoms with Gasteiger partial charge in [-0.25, -0.2) is 0 Å². The molecule has 1 rings (SSSR count). The molecule has 12 heavy (non-hydrogen) atoms. The summed E-state index contributed by atoms with van der Waals surface area (Å²) in [5, 5.41) is 3.04. The van der Waals surface area contributed by atoms with Crippen LogP contribution in [-0.2, 0) is 4.74 Å². The van der Waals surface area contributed by atoms with Gasteiger partial charge in [0, 0.05) is 18.3 Å². The summed E-state index contributed by atoms with van der Waals surface area (Å²) in [5.74, 6) is 0.692. The van der Waals surface area contributed by atoms with Crippen LogP contribution in [0.15, 0.2) is 30.8 Å². The molecule has 0 fully saturated rings. The highest BCUT2D eigenvalue weighted by atomic mass is 16.5. The van der Waals surface area contributed by atoms with Crippen LogP contribution >= 0.6 is 0 Å². The molecule has 0 atom stereocenters. The Morgan fingerprint density at radius 3 is 2.33 bits per heavy atom. The van der Waals surface area contributed by atoms with E-state index in [1.165, 1.54) is 0 Å². The Hall–Kier alpha value is -1.44. The number of rotatable bonds is 3. The van der Waals surface area contributed by atoms with Crippen molar-refractivity contribution in [1.29, 1.82) is 0 Å². The number of hydrogen-bond donors (Lipinski definition) is 1. The number of benzene rings is 1. The molecule has 1 N–H and O–H groups in total. The van der Waals surface area contributed by atoms with E-state index in [-0.39, 0.29) is 0 Å². The number of methoxy groups -OCH3 is 1. The Balaban J connectivity index is 2.84. The SMILES string of the molecule is C=C(OC)c1ccc(NC)cc1. The summed E-state index contributed by atoms with van der Waals surface area (Å²) in [6.45, 7) is 3.76. The highest BCUT2D eigenvalue weighted by Gasteiger charge is 1.96. The van der Waals surface area contributed by atoms with Crippen LogP contribution in [0.3, 0.4) is 0 Å². The smallest absolute Gasteiger partial charge is 0.118 e. The molecule has 0 aromatic heterocycles. The van der Waals surface area contributed by atoms with Gasteiger partial charge in [-0.3, -0.25) is 0 Å². The van der Waals surface area contributed by atoms with Crippen molar-refractivity contribution < 1.29 is 4.74 Å². The van der Waals surface area contributed by atoms with Gasteiger partial charge < -0.3 is 10.1 Å². The van der Waals surface area contributed by atoms with Gasteiger partial charge >= 0.3 is 0 Å². The zero-order chi connectivity index (χ0) is 8.97. The molecule has 0 heterocycles. The number of ether oxygens (including phenoxy) is 1. The molecular formula is C10H13NO. The van der Waals surface area contributed by atoms with E-state index in [4.69, 9.17) is 4.74 Å². The first-order valence-electron chi connectivity index (χ1n) is 3.79. The summed E-state index contributed by atoms with van der Waals surface area (Å²) in [6.07, 6.45) is 0. The second kappa shape index (κ2) is 3.81. The fraction of sp³-hybridized carbons (Fsp3) is 0.200. The fourth-order valence-electron chi connectivity index (χ4n) is 0.941. The first-order valence-corrected chi connectivity index (χ1v) is 3.79. The van der Waals surface area contributed by atoms with E-state index in [2.05, 4.69) is 11.9 Å². The molecule has 0 radical (unpaired) electrons. The maximum absolute atomic E-state index is 4.99. The third-order valence-corrected chi connectivity index (χ3v) is 1.74. The lowest BCUT2D eigenvalue weighted by Crippen LogP contribution is -1.89. The highest BCUT2D eigenvalue weighted by molar-refractivity contribution is 5.60. The van der Waals surface area contributed by atoms with Crippen LogP contribution in [0.1, 0.15) is 5.56 Å². The molecule has 0 aliphatic rings. The predicted octanol–water partition coefficient (Wildman–Crippen LogP) is 2.35. The second-order valence-electron chi connectivity index (χ2n) is 2.45. The molecular weight excluding hydrogens is 150 g/mol. The van der Waals surface area contributed by atoms with Crippen LogP contribution in [0.2, 0.25) is 0 Å². The van der Waals surface area contributed by atoms with Crippen molar-refractivity contribution in [3.05, 3.63) is 36.4 Å². The van der Waals surface area contributed by atoms with E-state index in [0.29, 0.717) is 5.76 Å². The summed E-state index contributed by atoms with van der Waals surface area (Å²) in [6, 6.07) is 7.91. The van der Waals surface area contributed by atoms with Gasteiger partial charge in [0.1, 0.15) is 5.76 Å². The van der Waals surface area contributed by atoms with Crippen molar-refractivity contribution in [3.63, 3.8) is 0 Å². The van der Waals surface area contributed by atoms with E-state index in [1.54, 1.807) is 7.11 Å². The van der Waals surface area contributed by atoms with E-state index < -0.39 is 0 Å². The molecule has 0 spiro atoms. The molecule has 1 aromatic rings. The van der Waals surface area contributed by atoms with Crippen molar-refractivity contribution in [1.82, 2.24) is 0 Å². The quantitative estimate of drug-likeness (QED) is 0.690. The predicted molar refractivity (Wildman–Crippen MR) is 52.0 cm³/mol. The molecule has 2 nitrogen and oxygen atoms in total. The lowest BCUT2D eigenvalue weighted by Gasteiger charge is -2.04. The summed E-state index contributed by atoms with van der Waals surface area (Å²) in [5.41, 5.74) is 2.10. The molecule has 2 heteroatoms. The molecule has 0 aliphatic carbocycles. The molecule has 0 unspecified atom stereocenters. The minimum atomic E-state index is 0.692. The first kappa shape index (κ1) is 8.65. The van der Waals surface area contributed by atoms with Gasteiger partial charge in [-0.1, -0.05) is 6.58 Å². The Bertz CT molecular complexity index is 264. The van der Waals surface area contributed by atoms with Gasteiger partial charge in [0.25, 0.3) is 0 Å². The van der Waals surface area contributed by atoms with Crippen molar-refractivity contribution >= 4 is 11.4 Å². The zero-order valence-electron chi connectivity index (χ0n) is 7.42. The van der Waals surface area contributed by atoms with Crippen molar-refractivity contribution in [2.45, 2.75) is 0 Å².